The zero-order valence-electron chi connectivity index (χ0n) is 11.5. The van der Waals surface area contributed by atoms with Gasteiger partial charge in [0.1, 0.15) is 5.75 Å². The molecule has 100 valence electrons. The first-order valence-electron chi connectivity index (χ1n) is 6.58. The van der Waals surface area contributed by atoms with E-state index in [0.29, 0.717) is 18.0 Å². The highest BCUT2D eigenvalue weighted by atomic mass is 16.3. The third kappa shape index (κ3) is 4.78. The van der Waals surface area contributed by atoms with Gasteiger partial charge in [-0.3, -0.25) is 4.79 Å². The van der Waals surface area contributed by atoms with E-state index in [1.807, 2.05) is 13.0 Å². The second-order valence-electron chi connectivity index (χ2n) is 5.17. The van der Waals surface area contributed by atoms with Crippen molar-refractivity contribution in [1.29, 1.82) is 0 Å². The fourth-order valence-electron chi connectivity index (χ4n) is 1.81. The van der Waals surface area contributed by atoms with Crippen LogP contribution in [0, 0.1) is 12.8 Å². The average molecular weight is 249 g/mol. The van der Waals surface area contributed by atoms with Gasteiger partial charge in [0.25, 0.3) is 5.91 Å². The summed E-state index contributed by atoms with van der Waals surface area (Å²) in [5, 5.41) is 12.5. The van der Waals surface area contributed by atoms with Gasteiger partial charge in [-0.05, 0) is 37.0 Å². The van der Waals surface area contributed by atoms with Gasteiger partial charge in [0, 0.05) is 6.54 Å². The quantitative estimate of drug-likeness (QED) is 0.760. The Labute approximate surface area is 109 Å². The maximum absolute atomic E-state index is 11.8. The summed E-state index contributed by atoms with van der Waals surface area (Å²) in [5.41, 5.74) is 1.30. The standard InChI is InChI=1S/C15H23NO2/c1-11(2)6-4-5-9-16-15(18)13-8-7-12(3)10-14(13)17/h7-8,10-11,17H,4-6,9H2,1-3H3,(H,16,18). The molecule has 2 N–H and O–H groups in total. The van der Waals surface area contributed by atoms with Crippen molar-refractivity contribution in [3.8, 4) is 5.75 Å². The number of carbonyl (C=O) groups is 1. The molecule has 1 rings (SSSR count). The molecule has 0 unspecified atom stereocenters. The van der Waals surface area contributed by atoms with Crippen LogP contribution in [0.4, 0.5) is 0 Å². The lowest BCUT2D eigenvalue weighted by molar-refractivity contribution is 0.0950. The van der Waals surface area contributed by atoms with Crippen LogP contribution in [0.15, 0.2) is 18.2 Å². The molecule has 0 atom stereocenters. The highest BCUT2D eigenvalue weighted by Crippen LogP contribution is 2.18. The molecule has 3 heteroatoms. The van der Waals surface area contributed by atoms with E-state index in [1.54, 1.807) is 12.1 Å². The van der Waals surface area contributed by atoms with Gasteiger partial charge in [-0.2, -0.15) is 0 Å². The van der Waals surface area contributed by atoms with Gasteiger partial charge in [-0.1, -0.05) is 32.8 Å². The first kappa shape index (κ1) is 14.6. The van der Waals surface area contributed by atoms with Gasteiger partial charge in [0.15, 0.2) is 0 Å². The Balaban J connectivity index is 2.36. The molecule has 0 aliphatic heterocycles. The smallest absolute Gasteiger partial charge is 0.255 e. The molecule has 0 saturated heterocycles. The Morgan fingerprint density at radius 2 is 2.06 bits per heavy atom. The minimum Gasteiger partial charge on any atom is -0.507 e. The van der Waals surface area contributed by atoms with Gasteiger partial charge in [0.2, 0.25) is 0 Å². The SMILES string of the molecule is Cc1ccc(C(=O)NCCCCC(C)C)c(O)c1. The second kappa shape index (κ2) is 7.04. The summed E-state index contributed by atoms with van der Waals surface area (Å²) in [6.07, 6.45) is 3.29. The number of aryl methyl sites for hydroxylation is 1. The topological polar surface area (TPSA) is 49.3 Å². The molecule has 0 heterocycles. The van der Waals surface area contributed by atoms with Crippen LogP contribution >= 0.6 is 0 Å². The average Bonchev–Trinajstić information content (AvgIpc) is 2.27. The van der Waals surface area contributed by atoms with Crippen LogP contribution in [0.25, 0.3) is 0 Å². The number of phenols is 1. The van der Waals surface area contributed by atoms with Gasteiger partial charge >= 0.3 is 0 Å². The second-order valence-corrected chi connectivity index (χ2v) is 5.17. The molecule has 0 saturated carbocycles. The zero-order valence-corrected chi connectivity index (χ0v) is 11.5. The normalized spacial score (nSPS) is 10.7. The minimum atomic E-state index is -0.197. The van der Waals surface area contributed by atoms with Crippen LogP contribution in [0.1, 0.15) is 49.0 Å². The van der Waals surface area contributed by atoms with E-state index in [2.05, 4.69) is 19.2 Å². The van der Waals surface area contributed by atoms with E-state index in [9.17, 15) is 9.90 Å². The summed E-state index contributed by atoms with van der Waals surface area (Å²) in [4.78, 5) is 11.8. The van der Waals surface area contributed by atoms with E-state index in [-0.39, 0.29) is 11.7 Å². The van der Waals surface area contributed by atoms with Crippen LogP contribution in [0.2, 0.25) is 0 Å². The van der Waals surface area contributed by atoms with Crippen molar-refractivity contribution < 1.29 is 9.90 Å². The number of rotatable bonds is 6. The highest BCUT2D eigenvalue weighted by Gasteiger charge is 2.09. The Hall–Kier alpha value is -1.51. The summed E-state index contributed by atoms with van der Waals surface area (Å²) in [7, 11) is 0. The summed E-state index contributed by atoms with van der Waals surface area (Å²) in [6, 6.07) is 5.09. The summed E-state index contributed by atoms with van der Waals surface area (Å²) >= 11 is 0. The van der Waals surface area contributed by atoms with Crippen LogP contribution < -0.4 is 5.32 Å². The van der Waals surface area contributed by atoms with Crippen molar-refractivity contribution in [3.63, 3.8) is 0 Å². The predicted molar refractivity (Wildman–Crippen MR) is 73.9 cm³/mol. The first-order chi connectivity index (χ1) is 8.50. The monoisotopic (exact) mass is 249 g/mol. The van der Waals surface area contributed by atoms with Gasteiger partial charge in [0.05, 0.1) is 5.56 Å². The molecule has 0 aliphatic rings. The number of unbranched alkanes of at least 4 members (excludes halogenated alkanes) is 1. The predicted octanol–water partition coefficient (Wildman–Crippen LogP) is 3.26. The number of aromatic hydroxyl groups is 1. The lowest BCUT2D eigenvalue weighted by Crippen LogP contribution is -2.24. The molecule has 3 nitrogen and oxygen atoms in total. The largest absolute Gasteiger partial charge is 0.507 e. The van der Waals surface area contributed by atoms with Crippen molar-refractivity contribution >= 4 is 5.91 Å². The van der Waals surface area contributed by atoms with Crippen LogP contribution in [-0.4, -0.2) is 17.6 Å². The molecular weight excluding hydrogens is 226 g/mol. The van der Waals surface area contributed by atoms with Crippen molar-refractivity contribution in [2.45, 2.75) is 40.0 Å². The number of benzene rings is 1. The van der Waals surface area contributed by atoms with E-state index in [0.717, 1.165) is 18.4 Å². The molecule has 0 bridgehead atoms. The summed E-state index contributed by atoms with van der Waals surface area (Å²) in [5.74, 6) is 0.563. The van der Waals surface area contributed by atoms with E-state index in [1.165, 1.54) is 6.42 Å². The fraction of sp³-hybridized carbons (Fsp3) is 0.533. The zero-order chi connectivity index (χ0) is 13.5. The number of phenolic OH excluding ortho intramolecular Hbond substituents is 1. The molecular formula is C15H23NO2. The number of nitrogens with one attached hydrogen (secondary N) is 1. The maximum Gasteiger partial charge on any atom is 0.255 e. The number of hydrogen-bond acceptors (Lipinski definition) is 2. The first-order valence-corrected chi connectivity index (χ1v) is 6.58. The van der Waals surface area contributed by atoms with Crippen molar-refractivity contribution in [2.24, 2.45) is 5.92 Å². The summed E-state index contributed by atoms with van der Waals surface area (Å²) in [6.45, 7) is 6.94. The third-order valence-corrected chi connectivity index (χ3v) is 2.89. The fourth-order valence-corrected chi connectivity index (χ4v) is 1.81. The molecule has 0 aromatic heterocycles. The van der Waals surface area contributed by atoms with Gasteiger partial charge in [-0.25, -0.2) is 0 Å². The maximum atomic E-state index is 11.8. The Kier molecular flexibility index (Phi) is 5.69. The third-order valence-electron chi connectivity index (χ3n) is 2.89. The molecule has 0 spiro atoms. The molecule has 1 aromatic rings. The van der Waals surface area contributed by atoms with Gasteiger partial charge < -0.3 is 10.4 Å². The molecule has 1 amide bonds. The molecule has 0 aliphatic carbocycles. The Bertz CT molecular complexity index is 399. The molecule has 1 aromatic carbocycles. The Morgan fingerprint density at radius 1 is 1.33 bits per heavy atom. The van der Waals surface area contributed by atoms with Crippen LogP contribution in [0.3, 0.4) is 0 Å². The molecule has 0 radical (unpaired) electrons. The van der Waals surface area contributed by atoms with E-state index in [4.69, 9.17) is 0 Å². The van der Waals surface area contributed by atoms with Crippen molar-refractivity contribution in [3.05, 3.63) is 29.3 Å². The number of hydrogen-bond donors (Lipinski definition) is 2. The number of amides is 1. The molecule has 0 fully saturated rings. The summed E-state index contributed by atoms with van der Waals surface area (Å²) < 4.78 is 0. The lowest BCUT2D eigenvalue weighted by Gasteiger charge is -2.08. The van der Waals surface area contributed by atoms with Crippen LogP contribution in [-0.2, 0) is 0 Å². The minimum absolute atomic E-state index is 0.0506. The van der Waals surface area contributed by atoms with Gasteiger partial charge in [-0.15, -0.1) is 0 Å². The lowest BCUT2D eigenvalue weighted by atomic mass is 10.1. The van der Waals surface area contributed by atoms with Crippen molar-refractivity contribution in [1.82, 2.24) is 5.32 Å². The van der Waals surface area contributed by atoms with Crippen LogP contribution in [0.5, 0.6) is 5.75 Å². The van der Waals surface area contributed by atoms with Crippen molar-refractivity contribution in [2.75, 3.05) is 6.54 Å². The highest BCUT2D eigenvalue weighted by molar-refractivity contribution is 5.96. The number of carbonyl (C=O) groups excluding carboxylic acids is 1. The van der Waals surface area contributed by atoms with E-state index >= 15 is 0 Å². The Morgan fingerprint density at radius 3 is 2.67 bits per heavy atom. The van der Waals surface area contributed by atoms with E-state index < -0.39 is 0 Å². The molecule has 18 heavy (non-hydrogen) atoms.